The van der Waals surface area contributed by atoms with Gasteiger partial charge in [0.2, 0.25) is 5.88 Å². The maximum atomic E-state index is 12.4. The number of nitrogens with zero attached hydrogens (tertiary/aromatic N) is 3. The second-order valence-electron chi connectivity index (χ2n) is 4.89. The van der Waals surface area contributed by atoms with Gasteiger partial charge in [-0.3, -0.25) is 14.0 Å². The normalized spacial score (nSPS) is 11.3. The van der Waals surface area contributed by atoms with Gasteiger partial charge in [-0.25, -0.2) is 0 Å². The highest BCUT2D eigenvalue weighted by Gasteiger charge is 2.21. The molecule has 1 amide bonds. The van der Waals surface area contributed by atoms with Crippen LogP contribution in [-0.4, -0.2) is 51.5 Å². The van der Waals surface area contributed by atoms with Gasteiger partial charge >= 0.3 is 0 Å². The lowest BCUT2D eigenvalue weighted by Crippen LogP contribution is -2.37. The average Bonchev–Trinajstić information content (AvgIpc) is 2.85. The van der Waals surface area contributed by atoms with E-state index in [1.54, 1.807) is 12.3 Å². The van der Waals surface area contributed by atoms with E-state index in [1.807, 2.05) is 13.8 Å². The molecule has 0 bridgehead atoms. The number of hydrogen-bond acceptors (Lipinski definition) is 6. The largest absolute Gasteiger partial charge is 0.492 e. The third-order valence-corrected chi connectivity index (χ3v) is 4.50. The van der Waals surface area contributed by atoms with Crippen molar-refractivity contribution in [1.29, 1.82) is 0 Å². The van der Waals surface area contributed by atoms with Crippen LogP contribution >= 0.6 is 11.3 Å². The van der Waals surface area contributed by atoms with E-state index >= 15 is 0 Å². The summed E-state index contributed by atoms with van der Waals surface area (Å²) in [6.07, 6.45) is 0. The van der Waals surface area contributed by atoms with Crippen molar-refractivity contribution in [2.75, 3.05) is 26.2 Å². The average molecular weight is 324 g/mol. The summed E-state index contributed by atoms with van der Waals surface area (Å²) >= 11 is 1.24. The molecule has 22 heavy (non-hydrogen) atoms. The number of aromatic hydroxyl groups is 1. The number of carbonyl (C=O) groups excluding carboxylic acids is 1. The number of thiazole rings is 1. The van der Waals surface area contributed by atoms with E-state index in [2.05, 4.69) is 15.2 Å². The number of aryl methyl sites for hydroxylation is 1. The Hall–Kier alpha value is -1.93. The fourth-order valence-corrected chi connectivity index (χ4v) is 3.08. The summed E-state index contributed by atoms with van der Waals surface area (Å²) in [5.41, 5.74) is -0.158. The molecule has 2 N–H and O–H groups in total. The van der Waals surface area contributed by atoms with Gasteiger partial charge in [0.25, 0.3) is 11.5 Å². The molecule has 0 aromatic carbocycles. The number of fused-ring (bicyclic) bond motifs is 1. The SMILES string of the molecule is CCN(CC)CCNC(=O)c1c(O)nc2scc(C)n2c1=O. The van der Waals surface area contributed by atoms with Crippen LogP contribution in [0.25, 0.3) is 4.96 Å². The fourth-order valence-electron chi connectivity index (χ4n) is 2.23. The lowest BCUT2D eigenvalue weighted by atomic mass is 10.3. The summed E-state index contributed by atoms with van der Waals surface area (Å²) in [5.74, 6) is -1.12. The van der Waals surface area contributed by atoms with Crippen LogP contribution in [0.4, 0.5) is 0 Å². The molecule has 2 aromatic heterocycles. The van der Waals surface area contributed by atoms with Crippen molar-refractivity contribution in [2.45, 2.75) is 20.8 Å². The van der Waals surface area contributed by atoms with Gasteiger partial charge in [0.1, 0.15) is 0 Å². The molecule has 8 heteroatoms. The first-order valence-corrected chi connectivity index (χ1v) is 8.07. The topological polar surface area (TPSA) is 86.9 Å². The van der Waals surface area contributed by atoms with Crippen molar-refractivity contribution in [2.24, 2.45) is 0 Å². The molecule has 120 valence electrons. The van der Waals surface area contributed by atoms with Gasteiger partial charge in [-0.1, -0.05) is 13.8 Å². The molecule has 0 saturated heterocycles. The molecule has 0 aliphatic rings. The Morgan fingerprint density at radius 2 is 2.14 bits per heavy atom. The van der Waals surface area contributed by atoms with Crippen molar-refractivity contribution < 1.29 is 9.90 Å². The fraction of sp³-hybridized carbons (Fsp3) is 0.500. The molecular weight excluding hydrogens is 304 g/mol. The van der Waals surface area contributed by atoms with E-state index in [1.165, 1.54) is 15.7 Å². The van der Waals surface area contributed by atoms with Gasteiger partial charge in [-0.2, -0.15) is 4.98 Å². The smallest absolute Gasteiger partial charge is 0.275 e. The molecule has 0 radical (unpaired) electrons. The number of carbonyl (C=O) groups is 1. The Labute approximate surface area is 132 Å². The minimum Gasteiger partial charge on any atom is -0.492 e. The summed E-state index contributed by atoms with van der Waals surface area (Å²) in [6.45, 7) is 8.72. The second kappa shape index (κ2) is 6.89. The lowest BCUT2D eigenvalue weighted by Gasteiger charge is -2.17. The third-order valence-electron chi connectivity index (χ3n) is 3.56. The number of rotatable bonds is 6. The van der Waals surface area contributed by atoms with Crippen LogP contribution in [0.2, 0.25) is 0 Å². The van der Waals surface area contributed by atoms with Crippen LogP contribution in [0, 0.1) is 6.92 Å². The molecule has 0 fully saturated rings. The Kier molecular flexibility index (Phi) is 5.15. The van der Waals surface area contributed by atoms with Crippen molar-refractivity contribution in [1.82, 2.24) is 19.6 Å². The zero-order valence-electron chi connectivity index (χ0n) is 12.9. The first kappa shape index (κ1) is 16.4. The first-order chi connectivity index (χ1) is 10.5. The van der Waals surface area contributed by atoms with E-state index in [0.29, 0.717) is 23.7 Å². The predicted molar refractivity (Wildman–Crippen MR) is 85.9 cm³/mol. The highest BCUT2D eigenvalue weighted by Crippen LogP contribution is 2.17. The van der Waals surface area contributed by atoms with Gasteiger partial charge in [0, 0.05) is 24.2 Å². The monoisotopic (exact) mass is 324 g/mol. The number of likely N-dealkylation sites (N-methyl/N-ethyl adjacent to an activating group) is 1. The summed E-state index contributed by atoms with van der Waals surface area (Å²) in [6, 6.07) is 0. The Morgan fingerprint density at radius 3 is 2.77 bits per heavy atom. The third kappa shape index (κ3) is 3.12. The van der Waals surface area contributed by atoms with Gasteiger partial charge < -0.3 is 15.3 Å². The van der Waals surface area contributed by atoms with E-state index in [-0.39, 0.29) is 5.56 Å². The van der Waals surface area contributed by atoms with E-state index in [4.69, 9.17) is 0 Å². The van der Waals surface area contributed by atoms with Crippen LogP contribution in [0.15, 0.2) is 10.2 Å². The van der Waals surface area contributed by atoms with Crippen molar-refractivity contribution in [3.8, 4) is 5.88 Å². The van der Waals surface area contributed by atoms with Gasteiger partial charge in [0.05, 0.1) is 0 Å². The number of aromatic nitrogens is 2. The van der Waals surface area contributed by atoms with Crippen molar-refractivity contribution in [3.63, 3.8) is 0 Å². The molecule has 0 saturated carbocycles. The van der Waals surface area contributed by atoms with E-state index < -0.39 is 17.3 Å². The van der Waals surface area contributed by atoms with E-state index in [0.717, 1.165) is 13.1 Å². The minimum atomic E-state index is -0.595. The molecule has 2 aromatic rings. The standard InChI is InChI=1S/C14H20N4O3S/c1-4-17(5-2)7-6-15-11(19)10-12(20)16-14-18(13(10)21)9(3)8-22-14/h8,20H,4-7H2,1-3H3,(H,15,19). The zero-order chi connectivity index (χ0) is 16.3. The van der Waals surface area contributed by atoms with Crippen LogP contribution < -0.4 is 10.9 Å². The summed E-state index contributed by atoms with van der Waals surface area (Å²) < 4.78 is 1.34. The second-order valence-corrected chi connectivity index (χ2v) is 5.73. The molecular formula is C14H20N4O3S. The number of amides is 1. The lowest BCUT2D eigenvalue weighted by molar-refractivity contribution is 0.0943. The molecule has 2 heterocycles. The molecule has 0 aliphatic heterocycles. The molecule has 0 unspecified atom stereocenters. The van der Waals surface area contributed by atoms with Crippen LogP contribution in [-0.2, 0) is 0 Å². The van der Waals surface area contributed by atoms with Crippen LogP contribution in [0.1, 0.15) is 29.9 Å². The zero-order valence-corrected chi connectivity index (χ0v) is 13.7. The summed E-state index contributed by atoms with van der Waals surface area (Å²) in [5, 5.41) is 14.3. The molecule has 0 aliphatic carbocycles. The summed E-state index contributed by atoms with van der Waals surface area (Å²) in [4.78, 5) is 31.0. The first-order valence-electron chi connectivity index (χ1n) is 7.19. The van der Waals surface area contributed by atoms with Crippen molar-refractivity contribution >= 4 is 22.2 Å². The number of nitrogens with one attached hydrogen (secondary N) is 1. The maximum absolute atomic E-state index is 12.4. The quantitative estimate of drug-likeness (QED) is 0.822. The van der Waals surface area contributed by atoms with Gasteiger partial charge in [-0.05, 0) is 20.0 Å². The van der Waals surface area contributed by atoms with Gasteiger partial charge in [0.15, 0.2) is 10.5 Å². The van der Waals surface area contributed by atoms with E-state index in [9.17, 15) is 14.7 Å². The summed E-state index contributed by atoms with van der Waals surface area (Å²) in [7, 11) is 0. The molecule has 0 atom stereocenters. The number of hydrogen-bond donors (Lipinski definition) is 2. The molecule has 0 spiro atoms. The highest BCUT2D eigenvalue weighted by atomic mass is 32.1. The Bertz CT molecular complexity index is 733. The van der Waals surface area contributed by atoms with Crippen LogP contribution in [0.3, 0.4) is 0 Å². The molecule has 7 nitrogen and oxygen atoms in total. The predicted octanol–water partition coefficient (Wildman–Crippen LogP) is 0.842. The highest BCUT2D eigenvalue weighted by molar-refractivity contribution is 7.15. The minimum absolute atomic E-state index is 0.307. The maximum Gasteiger partial charge on any atom is 0.275 e. The Morgan fingerprint density at radius 1 is 1.45 bits per heavy atom. The van der Waals surface area contributed by atoms with Gasteiger partial charge in [-0.15, -0.1) is 11.3 Å². The Balaban J connectivity index is 2.21. The van der Waals surface area contributed by atoms with Crippen molar-refractivity contribution in [3.05, 3.63) is 27.0 Å². The van der Waals surface area contributed by atoms with Crippen LogP contribution in [0.5, 0.6) is 5.88 Å². The molecule has 2 rings (SSSR count).